The number of halogens is 3. The number of aryl methyl sites for hydroxylation is 3. The maximum atomic E-state index is 13.1. The molecule has 7 heteroatoms. The van der Waals surface area contributed by atoms with Gasteiger partial charge in [0.05, 0.1) is 0 Å². The highest BCUT2D eigenvalue weighted by molar-refractivity contribution is 5.79. The fourth-order valence-electron chi connectivity index (χ4n) is 2.33. The van der Waals surface area contributed by atoms with Crippen molar-refractivity contribution in [3.05, 3.63) is 40.8 Å². The first-order valence-electron chi connectivity index (χ1n) is 6.65. The summed E-state index contributed by atoms with van der Waals surface area (Å²) in [5.74, 6) is 0.403. The Balaban J connectivity index is 2.28. The summed E-state index contributed by atoms with van der Waals surface area (Å²) >= 11 is 0. The van der Waals surface area contributed by atoms with Gasteiger partial charge in [-0.1, -0.05) is 17.7 Å². The summed E-state index contributed by atoms with van der Waals surface area (Å²) in [6, 6.07) is 5.71. The number of fused-ring (bicyclic) bond motifs is 1. The SMILES string of the molecule is Cc1ccc(C)c(-c2nc3nc(C)nc(C(F)(F)F)c3[nH]2)c1. The molecule has 114 valence electrons. The summed E-state index contributed by atoms with van der Waals surface area (Å²) in [6.07, 6.45) is -4.56. The molecule has 0 atom stereocenters. The first-order valence-corrected chi connectivity index (χ1v) is 6.65. The molecule has 0 bridgehead atoms. The number of hydrogen-bond donors (Lipinski definition) is 1. The predicted octanol–water partition coefficient (Wildman–Crippen LogP) is 3.96. The van der Waals surface area contributed by atoms with Crippen LogP contribution in [0.1, 0.15) is 22.6 Å². The maximum absolute atomic E-state index is 13.1. The summed E-state index contributed by atoms with van der Waals surface area (Å²) < 4.78 is 39.3. The van der Waals surface area contributed by atoms with Crippen molar-refractivity contribution in [2.45, 2.75) is 26.9 Å². The van der Waals surface area contributed by atoms with E-state index in [-0.39, 0.29) is 17.0 Å². The highest BCUT2D eigenvalue weighted by Gasteiger charge is 2.36. The second-order valence-electron chi connectivity index (χ2n) is 5.22. The molecule has 2 aromatic heterocycles. The van der Waals surface area contributed by atoms with Crippen LogP contribution in [0.2, 0.25) is 0 Å². The van der Waals surface area contributed by atoms with Crippen molar-refractivity contribution in [2.24, 2.45) is 0 Å². The van der Waals surface area contributed by atoms with Gasteiger partial charge in [-0.25, -0.2) is 15.0 Å². The van der Waals surface area contributed by atoms with E-state index in [1.807, 2.05) is 32.0 Å². The monoisotopic (exact) mass is 306 g/mol. The molecular weight excluding hydrogens is 293 g/mol. The number of alkyl halides is 3. The molecular formula is C15H13F3N4. The van der Waals surface area contributed by atoms with Crippen LogP contribution in [-0.4, -0.2) is 19.9 Å². The molecule has 3 rings (SSSR count). The standard InChI is InChI=1S/C15H13F3N4/c1-7-4-5-8(2)10(6-7)13-21-11-12(15(16,17)18)19-9(3)20-14(11)22-13/h4-6H,1-3H3,(H,19,20,21,22). The molecule has 1 aromatic carbocycles. The summed E-state index contributed by atoms with van der Waals surface area (Å²) in [5.41, 5.74) is 1.52. The number of benzene rings is 1. The van der Waals surface area contributed by atoms with E-state index < -0.39 is 11.9 Å². The molecule has 0 spiro atoms. The molecule has 0 aliphatic rings. The lowest BCUT2D eigenvalue weighted by Crippen LogP contribution is -2.10. The highest BCUT2D eigenvalue weighted by atomic mass is 19.4. The van der Waals surface area contributed by atoms with Crippen LogP contribution in [0, 0.1) is 20.8 Å². The Kier molecular flexibility index (Phi) is 3.16. The Morgan fingerprint density at radius 1 is 1.00 bits per heavy atom. The van der Waals surface area contributed by atoms with Crippen molar-refractivity contribution in [3.8, 4) is 11.4 Å². The zero-order chi connectivity index (χ0) is 16.1. The van der Waals surface area contributed by atoms with Crippen LogP contribution in [0.25, 0.3) is 22.6 Å². The van der Waals surface area contributed by atoms with Gasteiger partial charge in [-0.2, -0.15) is 13.2 Å². The molecule has 0 amide bonds. The third kappa shape index (κ3) is 2.43. The summed E-state index contributed by atoms with van der Waals surface area (Å²) in [7, 11) is 0. The summed E-state index contributed by atoms with van der Waals surface area (Å²) in [4.78, 5) is 14.4. The van der Waals surface area contributed by atoms with Gasteiger partial charge in [0, 0.05) is 5.56 Å². The average Bonchev–Trinajstić information content (AvgIpc) is 2.82. The Morgan fingerprint density at radius 3 is 2.41 bits per heavy atom. The van der Waals surface area contributed by atoms with Crippen LogP contribution < -0.4 is 0 Å². The topological polar surface area (TPSA) is 54.5 Å². The Morgan fingerprint density at radius 2 is 1.73 bits per heavy atom. The van der Waals surface area contributed by atoms with E-state index in [0.717, 1.165) is 16.7 Å². The summed E-state index contributed by atoms with van der Waals surface area (Å²) in [5, 5.41) is 0. The van der Waals surface area contributed by atoms with E-state index >= 15 is 0 Å². The lowest BCUT2D eigenvalue weighted by molar-refractivity contribution is -0.140. The quantitative estimate of drug-likeness (QED) is 0.740. The smallest absolute Gasteiger partial charge is 0.335 e. The third-order valence-corrected chi connectivity index (χ3v) is 3.38. The number of imidazole rings is 1. The Bertz CT molecular complexity index is 865. The number of rotatable bonds is 1. The van der Waals surface area contributed by atoms with Gasteiger partial charge in [0.15, 0.2) is 11.3 Å². The second-order valence-corrected chi connectivity index (χ2v) is 5.22. The second kappa shape index (κ2) is 4.79. The van der Waals surface area contributed by atoms with E-state index in [2.05, 4.69) is 19.9 Å². The van der Waals surface area contributed by atoms with Gasteiger partial charge in [0.2, 0.25) is 0 Å². The largest absolute Gasteiger partial charge is 0.435 e. The van der Waals surface area contributed by atoms with Crippen molar-refractivity contribution >= 4 is 11.2 Å². The molecule has 2 heterocycles. The minimum Gasteiger partial charge on any atom is -0.335 e. The van der Waals surface area contributed by atoms with Gasteiger partial charge in [0.1, 0.15) is 17.2 Å². The summed E-state index contributed by atoms with van der Waals surface area (Å²) in [6.45, 7) is 5.21. The molecule has 0 fully saturated rings. The normalized spacial score (nSPS) is 12.1. The van der Waals surface area contributed by atoms with E-state index in [0.29, 0.717) is 5.82 Å². The number of nitrogens with one attached hydrogen (secondary N) is 1. The van der Waals surface area contributed by atoms with E-state index in [9.17, 15) is 13.2 Å². The fraction of sp³-hybridized carbons (Fsp3) is 0.267. The zero-order valence-corrected chi connectivity index (χ0v) is 12.2. The molecule has 4 nitrogen and oxygen atoms in total. The van der Waals surface area contributed by atoms with Gasteiger partial charge in [0.25, 0.3) is 0 Å². The van der Waals surface area contributed by atoms with Gasteiger partial charge < -0.3 is 4.98 Å². The van der Waals surface area contributed by atoms with Crippen molar-refractivity contribution < 1.29 is 13.2 Å². The highest BCUT2D eigenvalue weighted by Crippen LogP contribution is 2.33. The maximum Gasteiger partial charge on any atom is 0.435 e. The van der Waals surface area contributed by atoms with Gasteiger partial charge in [-0.3, -0.25) is 0 Å². The van der Waals surface area contributed by atoms with Crippen LogP contribution in [0.4, 0.5) is 13.2 Å². The minimum absolute atomic E-state index is 0.0238. The van der Waals surface area contributed by atoms with E-state index in [1.54, 1.807) is 0 Å². The Hall–Kier alpha value is -2.44. The molecule has 0 aliphatic carbocycles. The van der Waals surface area contributed by atoms with Crippen LogP contribution in [0.15, 0.2) is 18.2 Å². The van der Waals surface area contributed by atoms with Crippen molar-refractivity contribution in [2.75, 3.05) is 0 Å². The molecule has 0 aliphatic heterocycles. The van der Waals surface area contributed by atoms with Crippen molar-refractivity contribution in [1.29, 1.82) is 0 Å². The minimum atomic E-state index is -4.56. The van der Waals surface area contributed by atoms with E-state index in [1.165, 1.54) is 6.92 Å². The van der Waals surface area contributed by atoms with Crippen molar-refractivity contribution in [1.82, 2.24) is 19.9 Å². The molecule has 0 unspecified atom stereocenters. The molecule has 0 saturated carbocycles. The first kappa shape index (κ1) is 14.5. The Labute approximate surface area is 124 Å². The molecule has 0 radical (unpaired) electrons. The first-order chi connectivity index (χ1) is 10.3. The molecule has 22 heavy (non-hydrogen) atoms. The number of H-pyrrole nitrogens is 1. The van der Waals surface area contributed by atoms with Crippen LogP contribution in [-0.2, 0) is 6.18 Å². The lowest BCUT2D eigenvalue weighted by Gasteiger charge is -2.06. The fourth-order valence-corrected chi connectivity index (χ4v) is 2.33. The number of aromatic nitrogens is 4. The van der Waals surface area contributed by atoms with Crippen LogP contribution in [0.5, 0.6) is 0 Å². The molecule has 0 saturated heterocycles. The van der Waals surface area contributed by atoms with Crippen molar-refractivity contribution in [3.63, 3.8) is 0 Å². The molecule has 1 N–H and O–H groups in total. The predicted molar refractivity (Wildman–Crippen MR) is 76.3 cm³/mol. The number of hydrogen-bond acceptors (Lipinski definition) is 3. The third-order valence-electron chi connectivity index (χ3n) is 3.38. The van der Waals surface area contributed by atoms with Gasteiger partial charge in [-0.05, 0) is 32.4 Å². The molecule has 3 aromatic rings. The zero-order valence-electron chi connectivity index (χ0n) is 12.2. The lowest BCUT2D eigenvalue weighted by atomic mass is 10.1. The van der Waals surface area contributed by atoms with Gasteiger partial charge >= 0.3 is 6.18 Å². The average molecular weight is 306 g/mol. The van der Waals surface area contributed by atoms with E-state index in [4.69, 9.17) is 0 Å². The van der Waals surface area contributed by atoms with Crippen LogP contribution in [0.3, 0.4) is 0 Å². The van der Waals surface area contributed by atoms with Gasteiger partial charge in [-0.15, -0.1) is 0 Å². The number of aromatic amines is 1. The van der Waals surface area contributed by atoms with Crippen LogP contribution >= 0.6 is 0 Å². The number of nitrogens with zero attached hydrogens (tertiary/aromatic N) is 3.